The first-order valence-electron chi connectivity index (χ1n) is 12.8. The van der Waals surface area contributed by atoms with E-state index in [1.54, 1.807) is 13.0 Å². The van der Waals surface area contributed by atoms with Gasteiger partial charge in [0.2, 0.25) is 0 Å². The van der Waals surface area contributed by atoms with E-state index in [0.29, 0.717) is 38.2 Å². The Labute approximate surface area is 217 Å². The highest BCUT2D eigenvalue weighted by Gasteiger charge is 2.44. The zero-order chi connectivity index (χ0) is 27.2. The van der Waals surface area contributed by atoms with E-state index in [-0.39, 0.29) is 5.56 Å². The third-order valence-electron chi connectivity index (χ3n) is 7.74. The number of H-pyrrole nitrogens is 1. The van der Waals surface area contributed by atoms with Crippen LogP contribution in [0.25, 0.3) is 10.9 Å². The van der Waals surface area contributed by atoms with Gasteiger partial charge in [-0.05, 0) is 43.5 Å². The Hall–Kier alpha value is -2.82. The minimum atomic E-state index is -3.49. The van der Waals surface area contributed by atoms with Crippen molar-refractivity contribution in [2.24, 2.45) is 5.92 Å². The number of nitrogens with zero attached hydrogens (tertiary/aromatic N) is 2. The number of fused-ring (bicyclic) bond motifs is 3. The quantitative estimate of drug-likeness (QED) is 0.303. The second-order valence-electron chi connectivity index (χ2n) is 10.4. The summed E-state index contributed by atoms with van der Waals surface area (Å²) in [7, 11) is 0. The summed E-state index contributed by atoms with van der Waals surface area (Å²) in [6, 6.07) is 7.55. The van der Waals surface area contributed by atoms with E-state index < -0.39 is 66.7 Å². The predicted molar refractivity (Wildman–Crippen MR) is 133 cm³/mol. The number of halogens is 5. The molecule has 38 heavy (non-hydrogen) atoms. The van der Waals surface area contributed by atoms with E-state index in [4.69, 9.17) is 0 Å². The summed E-state index contributed by atoms with van der Waals surface area (Å²) < 4.78 is 72.7. The number of aromatic nitrogens is 1. The number of aliphatic hydroxyl groups is 1. The molecule has 1 saturated heterocycles. The molecular weight excluding hydrogens is 505 g/mol. The molecule has 10 heteroatoms. The molecule has 2 atom stereocenters. The molecule has 0 radical (unpaired) electrons. The molecule has 0 spiro atoms. The molecular formula is C28H30F5N3O2. The minimum Gasteiger partial charge on any atom is -0.390 e. The molecule has 3 aromatic rings. The molecule has 2 N–H and O–H groups in total. The number of alkyl halides is 3. The standard InChI is InChI=1S/C28H30F5N3O2/c1-16-9-20-19-5-2-3-6-23(19)34-25(20)26(36(16)14-28(32,33)15-37)24-21(30)10-17(11-22(24)31)27(38)18-12-35(13-18)8-4-7-29/h2-3,5-6,10-11,16,18,26,34,37H,4,7-9,12-15H2,1H3/t16-,26-/m1/s1. The number of benzene rings is 2. The van der Waals surface area contributed by atoms with Gasteiger partial charge < -0.3 is 15.0 Å². The molecule has 0 amide bonds. The Morgan fingerprint density at radius 1 is 1.16 bits per heavy atom. The SMILES string of the molecule is C[C@@H]1Cc2c([nH]c3ccccc23)[C@@H](c2c(F)cc(C(=O)C3CN(CCCF)C3)cc2F)N1CC(F)(F)CO. The van der Waals surface area contributed by atoms with Crippen LogP contribution >= 0.6 is 0 Å². The van der Waals surface area contributed by atoms with Crippen LogP contribution in [0.4, 0.5) is 22.0 Å². The van der Waals surface area contributed by atoms with Crippen LogP contribution in [0.5, 0.6) is 0 Å². The summed E-state index contributed by atoms with van der Waals surface area (Å²) in [5.41, 5.74) is 1.39. The van der Waals surface area contributed by atoms with Gasteiger partial charge in [0.15, 0.2) is 5.78 Å². The van der Waals surface area contributed by atoms with Crippen molar-refractivity contribution in [1.82, 2.24) is 14.8 Å². The molecule has 1 fully saturated rings. The number of carbonyl (C=O) groups excluding carboxylic acids is 1. The lowest BCUT2D eigenvalue weighted by atomic mass is 9.86. The van der Waals surface area contributed by atoms with Gasteiger partial charge in [-0.2, -0.15) is 0 Å². The summed E-state index contributed by atoms with van der Waals surface area (Å²) in [5, 5.41) is 10.1. The molecule has 0 unspecified atom stereocenters. The molecule has 0 bridgehead atoms. The predicted octanol–water partition coefficient (Wildman–Crippen LogP) is 4.88. The lowest BCUT2D eigenvalue weighted by molar-refractivity contribution is -0.0869. The van der Waals surface area contributed by atoms with Crippen LogP contribution in [0.15, 0.2) is 36.4 Å². The number of hydrogen-bond acceptors (Lipinski definition) is 4. The van der Waals surface area contributed by atoms with E-state index in [0.717, 1.165) is 28.6 Å². The number of ketones is 1. The van der Waals surface area contributed by atoms with Gasteiger partial charge in [0, 0.05) is 59.3 Å². The second kappa shape index (κ2) is 10.4. The Bertz CT molecular complexity index is 1310. The van der Waals surface area contributed by atoms with Crippen molar-refractivity contribution in [3.63, 3.8) is 0 Å². The number of Topliss-reactive ketones (excluding diaryl/α,β-unsaturated/α-hetero) is 1. The largest absolute Gasteiger partial charge is 0.390 e. The Morgan fingerprint density at radius 3 is 2.50 bits per heavy atom. The Morgan fingerprint density at radius 2 is 1.84 bits per heavy atom. The van der Waals surface area contributed by atoms with E-state index in [2.05, 4.69) is 4.98 Å². The zero-order valence-corrected chi connectivity index (χ0v) is 21.0. The first kappa shape index (κ1) is 26.8. The maximum atomic E-state index is 15.7. The number of likely N-dealkylation sites (tertiary alicyclic amines) is 1. The fourth-order valence-corrected chi connectivity index (χ4v) is 5.81. The van der Waals surface area contributed by atoms with Crippen molar-refractivity contribution >= 4 is 16.7 Å². The van der Waals surface area contributed by atoms with Crippen LogP contribution in [0.2, 0.25) is 0 Å². The fraction of sp³-hybridized carbons (Fsp3) is 0.464. The Balaban J connectivity index is 1.53. The summed E-state index contributed by atoms with van der Waals surface area (Å²) in [4.78, 5) is 19.3. The Kier molecular flexibility index (Phi) is 7.32. The average molecular weight is 536 g/mol. The van der Waals surface area contributed by atoms with E-state index in [9.17, 15) is 23.1 Å². The molecule has 5 nitrogen and oxygen atoms in total. The van der Waals surface area contributed by atoms with Gasteiger partial charge >= 0.3 is 0 Å². The van der Waals surface area contributed by atoms with E-state index in [1.165, 1.54) is 4.90 Å². The normalized spacial score (nSPS) is 21.0. The van der Waals surface area contributed by atoms with Crippen molar-refractivity contribution in [2.75, 3.05) is 39.5 Å². The van der Waals surface area contributed by atoms with Gasteiger partial charge in [0.25, 0.3) is 5.92 Å². The number of aromatic amines is 1. The van der Waals surface area contributed by atoms with Gasteiger partial charge in [-0.3, -0.25) is 14.1 Å². The summed E-state index contributed by atoms with van der Waals surface area (Å²) in [6.45, 7) is 0.267. The zero-order valence-electron chi connectivity index (χ0n) is 21.0. The molecule has 3 heterocycles. The maximum Gasteiger partial charge on any atom is 0.283 e. The molecule has 0 saturated carbocycles. The molecule has 2 aromatic carbocycles. The van der Waals surface area contributed by atoms with Gasteiger partial charge in [-0.1, -0.05) is 18.2 Å². The fourth-order valence-electron chi connectivity index (χ4n) is 5.81. The van der Waals surface area contributed by atoms with Crippen molar-refractivity contribution in [3.8, 4) is 0 Å². The third-order valence-corrected chi connectivity index (χ3v) is 7.74. The van der Waals surface area contributed by atoms with Gasteiger partial charge in [0.1, 0.15) is 18.2 Å². The van der Waals surface area contributed by atoms with Crippen LogP contribution < -0.4 is 0 Å². The van der Waals surface area contributed by atoms with Crippen LogP contribution in [-0.2, 0) is 6.42 Å². The van der Waals surface area contributed by atoms with Crippen LogP contribution in [0.3, 0.4) is 0 Å². The summed E-state index contributed by atoms with van der Waals surface area (Å²) in [5.74, 6) is -6.32. The number of rotatable bonds is 9. The van der Waals surface area contributed by atoms with Crippen molar-refractivity contribution in [2.45, 2.75) is 37.8 Å². The van der Waals surface area contributed by atoms with Crippen LogP contribution in [0, 0.1) is 17.6 Å². The van der Waals surface area contributed by atoms with E-state index >= 15 is 8.78 Å². The molecule has 0 aliphatic carbocycles. The third kappa shape index (κ3) is 4.85. The molecule has 2 aliphatic heterocycles. The number of nitrogens with one attached hydrogen (secondary N) is 1. The number of hydrogen-bond donors (Lipinski definition) is 2. The topological polar surface area (TPSA) is 59.6 Å². The summed E-state index contributed by atoms with van der Waals surface area (Å²) in [6.07, 6.45) is 0.734. The number of aliphatic hydroxyl groups excluding tert-OH is 1. The van der Waals surface area contributed by atoms with Crippen LogP contribution in [-0.4, -0.2) is 77.1 Å². The highest BCUT2D eigenvalue weighted by molar-refractivity contribution is 5.98. The number of para-hydroxylation sites is 1. The highest BCUT2D eigenvalue weighted by Crippen LogP contribution is 2.43. The minimum absolute atomic E-state index is 0.119. The molecule has 5 rings (SSSR count). The highest BCUT2D eigenvalue weighted by atomic mass is 19.3. The maximum absolute atomic E-state index is 15.7. The second-order valence-corrected chi connectivity index (χ2v) is 10.4. The van der Waals surface area contributed by atoms with Crippen molar-refractivity contribution in [3.05, 3.63) is 70.4 Å². The van der Waals surface area contributed by atoms with Gasteiger partial charge in [-0.15, -0.1) is 0 Å². The molecule has 204 valence electrons. The first-order valence-corrected chi connectivity index (χ1v) is 12.8. The first-order chi connectivity index (χ1) is 18.1. The van der Waals surface area contributed by atoms with Crippen molar-refractivity contribution in [1.29, 1.82) is 0 Å². The number of carbonyl (C=O) groups is 1. The smallest absolute Gasteiger partial charge is 0.283 e. The lowest BCUT2D eigenvalue weighted by Gasteiger charge is -2.42. The lowest BCUT2D eigenvalue weighted by Crippen LogP contribution is -2.50. The summed E-state index contributed by atoms with van der Waals surface area (Å²) >= 11 is 0. The van der Waals surface area contributed by atoms with Gasteiger partial charge in [0.05, 0.1) is 19.3 Å². The van der Waals surface area contributed by atoms with Crippen molar-refractivity contribution < 1.29 is 31.9 Å². The van der Waals surface area contributed by atoms with Crippen LogP contribution in [0.1, 0.15) is 46.6 Å². The molecule has 2 aliphatic rings. The molecule has 1 aromatic heterocycles. The monoisotopic (exact) mass is 535 g/mol. The van der Waals surface area contributed by atoms with Gasteiger partial charge in [-0.25, -0.2) is 17.6 Å². The van der Waals surface area contributed by atoms with E-state index in [1.807, 2.05) is 23.1 Å². The average Bonchev–Trinajstić information content (AvgIpc) is 3.22.